The van der Waals surface area contributed by atoms with Crippen LogP contribution < -0.4 is 15.2 Å². The van der Waals surface area contributed by atoms with Gasteiger partial charge in [-0.2, -0.15) is 0 Å². The molecule has 0 spiro atoms. The molecule has 2 rings (SSSR count). The summed E-state index contributed by atoms with van der Waals surface area (Å²) in [4.78, 5) is 0. The molecule has 2 aromatic carbocycles. The Morgan fingerprint density at radius 1 is 0.950 bits per heavy atom. The molecule has 0 saturated heterocycles. The van der Waals surface area contributed by atoms with Crippen LogP contribution in [-0.2, 0) is 0 Å². The number of ether oxygens (including phenoxy) is 2. The van der Waals surface area contributed by atoms with Crippen molar-refractivity contribution in [1.82, 2.24) is 0 Å². The van der Waals surface area contributed by atoms with Crippen molar-refractivity contribution in [2.45, 2.75) is 6.42 Å². The summed E-state index contributed by atoms with van der Waals surface area (Å²) in [5.41, 5.74) is 6.39. The van der Waals surface area contributed by atoms with Crippen LogP contribution in [0.2, 0.25) is 0 Å². The SMILES string of the molecule is Nc1cccc(OCCCOc2ccc(Br)cc2Br)c1. The lowest BCUT2D eigenvalue weighted by Crippen LogP contribution is -2.05. The van der Waals surface area contributed by atoms with E-state index >= 15 is 0 Å². The van der Waals surface area contributed by atoms with E-state index in [1.165, 1.54) is 0 Å². The lowest BCUT2D eigenvalue weighted by atomic mass is 10.3. The van der Waals surface area contributed by atoms with Crippen molar-refractivity contribution in [3.05, 3.63) is 51.4 Å². The molecule has 0 bridgehead atoms. The molecule has 3 nitrogen and oxygen atoms in total. The molecule has 0 aliphatic carbocycles. The number of nitrogen functional groups attached to an aromatic ring is 1. The van der Waals surface area contributed by atoms with E-state index in [2.05, 4.69) is 31.9 Å². The number of rotatable bonds is 6. The van der Waals surface area contributed by atoms with Gasteiger partial charge >= 0.3 is 0 Å². The van der Waals surface area contributed by atoms with Gasteiger partial charge in [0.25, 0.3) is 0 Å². The van der Waals surface area contributed by atoms with E-state index in [1.54, 1.807) is 0 Å². The second-order valence-electron chi connectivity index (χ2n) is 4.20. The molecule has 0 unspecified atom stereocenters. The standard InChI is InChI=1S/C15H15Br2NO2/c16-11-5-6-15(14(17)9-11)20-8-2-7-19-13-4-1-3-12(18)10-13/h1,3-6,9-10H,2,7-8,18H2. The Hall–Kier alpha value is -1.20. The Morgan fingerprint density at radius 2 is 1.75 bits per heavy atom. The van der Waals surface area contributed by atoms with E-state index in [-0.39, 0.29) is 0 Å². The van der Waals surface area contributed by atoms with E-state index in [9.17, 15) is 0 Å². The minimum Gasteiger partial charge on any atom is -0.493 e. The first-order chi connectivity index (χ1) is 9.65. The van der Waals surface area contributed by atoms with Gasteiger partial charge < -0.3 is 15.2 Å². The van der Waals surface area contributed by atoms with Gasteiger partial charge in [0.15, 0.2) is 0 Å². The highest BCUT2D eigenvalue weighted by molar-refractivity contribution is 9.11. The summed E-state index contributed by atoms with van der Waals surface area (Å²) < 4.78 is 13.2. The molecular formula is C15H15Br2NO2. The van der Waals surface area contributed by atoms with E-state index in [1.807, 2.05) is 42.5 Å². The van der Waals surface area contributed by atoms with Crippen LogP contribution in [0.15, 0.2) is 51.4 Å². The second kappa shape index (κ2) is 7.55. The van der Waals surface area contributed by atoms with Crippen LogP contribution in [0.1, 0.15) is 6.42 Å². The van der Waals surface area contributed by atoms with E-state index in [4.69, 9.17) is 15.2 Å². The molecule has 2 aromatic rings. The highest BCUT2D eigenvalue weighted by Gasteiger charge is 2.01. The highest BCUT2D eigenvalue weighted by Crippen LogP contribution is 2.28. The largest absolute Gasteiger partial charge is 0.493 e. The smallest absolute Gasteiger partial charge is 0.133 e. The van der Waals surface area contributed by atoms with Gasteiger partial charge in [0.2, 0.25) is 0 Å². The zero-order valence-electron chi connectivity index (χ0n) is 10.8. The molecule has 0 aliphatic heterocycles. The maximum atomic E-state index is 5.68. The molecule has 0 amide bonds. The van der Waals surface area contributed by atoms with Crippen molar-refractivity contribution in [3.63, 3.8) is 0 Å². The van der Waals surface area contributed by atoms with E-state index < -0.39 is 0 Å². The number of halogens is 2. The van der Waals surface area contributed by atoms with Crippen molar-refractivity contribution >= 4 is 37.5 Å². The predicted octanol–water partition coefficient (Wildman–Crippen LogP) is 4.64. The fourth-order valence-corrected chi connectivity index (χ4v) is 2.79. The van der Waals surface area contributed by atoms with Crippen molar-refractivity contribution in [1.29, 1.82) is 0 Å². The molecule has 0 saturated carbocycles. The third-order valence-electron chi connectivity index (χ3n) is 2.57. The molecule has 106 valence electrons. The quantitative estimate of drug-likeness (QED) is 0.567. The summed E-state index contributed by atoms with van der Waals surface area (Å²) in [6.45, 7) is 1.19. The molecular weight excluding hydrogens is 386 g/mol. The summed E-state index contributed by atoms with van der Waals surface area (Å²) >= 11 is 6.87. The van der Waals surface area contributed by atoms with Gasteiger partial charge in [0, 0.05) is 22.6 Å². The number of benzene rings is 2. The lowest BCUT2D eigenvalue weighted by molar-refractivity contribution is 0.246. The average molecular weight is 401 g/mol. The van der Waals surface area contributed by atoms with Crippen molar-refractivity contribution in [2.24, 2.45) is 0 Å². The van der Waals surface area contributed by atoms with Crippen molar-refractivity contribution < 1.29 is 9.47 Å². The first-order valence-electron chi connectivity index (χ1n) is 6.21. The van der Waals surface area contributed by atoms with Gasteiger partial charge in [-0.15, -0.1) is 0 Å². The molecule has 0 heterocycles. The van der Waals surface area contributed by atoms with Crippen LogP contribution in [0, 0.1) is 0 Å². The Bertz CT molecular complexity index is 576. The normalized spacial score (nSPS) is 10.3. The number of anilines is 1. The Balaban J connectivity index is 1.71. The maximum Gasteiger partial charge on any atom is 0.133 e. The summed E-state index contributed by atoms with van der Waals surface area (Å²) in [5.74, 6) is 1.62. The third-order valence-corrected chi connectivity index (χ3v) is 3.68. The predicted molar refractivity (Wildman–Crippen MR) is 88.3 cm³/mol. The first kappa shape index (κ1) is 15.2. The summed E-state index contributed by atoms with van der Waals surface area (Å²) in [5, 5.41) is 0. The van der Waals surface area contributed by atoms with Crippen LogP contribution in [-0.4, -0.2) is 13.2 Å². The van der Waals surface area contributed by atoms with Gasteiger partial charge in [-0.25, -0.2) is 0 Å². The number of nitrogens with two attached hydrogens (primary N) is 1. The summed E-state index contributed by atoms with van der Waals surface area (Å²) in [7, 11) is 0. The maximum absolute atomic E-state index is 5.68. The molecule has 0 radical (unpaired) electrons. The van der Waals surface area contributed by atoms with Crippen LogP contribution in [0.3, 0.4) is 0 Å². The average Bonchev–Trinajstić information content (AvgIpc) is 2.41. The van der Waals surface area contributed by atoms with Crippen molar-refractivity contribution in [3.8, 4) is 11.5 Å². The van der Waals surface area contributed by atoms with Gasteiger partial charge in [-0.3, -0.25) is 0 Å². The monoisotopic (exact) mass is 399 g/mol. The Labute approximate surface area is 135 Å². The molecule has 0 atom stereocenters. The fourth-order valence-electron chi connectivity index (χ4n) is 1.63. The van der Waals surface area contributed by atoms with Gasteiger partial charge in [-0.05, 0) is 46.3 Å². The second-order valence-corrected chi connectivity index (χ2v) is 5.97. The molecule has 0 aliphatic rings. The summed E-state index contributed by atoms with van der Waals surface area (Å²) in [6, 6.07) is 13.2. The molecule has 0 fully saturated rings. The van der Waals surface area contributed by atoms with Gasteiger partial charge in [0.05, 0.1) is 17.7 Å². The van der Waals surface area contributed by atoms with E-state index in [0.29, 0.717) is 18.9 Å². The fraction of sp³-hybridized carbons (Fsp3) is 0.200. The van der Waals surface area contributed by atoms with Crippen LogP contribution in [0.25, 0.3) is 0 Å². The minimum absolute atomic E-state index is 0.595. The number of hydrogen-bond donors (Lipinski definition) is 1. The van der Waals surface area contributed by atoms with Crippen LogP contribution in [0.4, 0.5) is 5.69 Å². The van der Waals surface area contributed by atoms with Crippen LogP contribution in [0.5, 0.6) is 11.5 Å². The Morgan fingerprint density at radius 3 is 2.50 bits per heavy atom. The lowest BCUT2D eigenvalue weighted by Gasteiger charge is -2.09. The number of hydrogen-bond acceptors (Lipinski definition) is 3. The minimum atomic E-state index is 0.595. The van der Waals surface area contributed by atoms with Gasteiger partial charge in [0.1, 0.15) is 11.5 Å². The van der Waals surface area contributed by atoms with E-state index in [0.717, 1.165) is 26.9 Å². The zero-order chi connectivity index (χ0) is 14.4. The van der Waals surface area contributed by atoms with Crippen molar-refractivity contribution in [2.75, 3.05) is 18.9 Å². The highest BCUT2D eigenvalue weighted by atomic mass is 79.9. The van der Waals surface area contributed by atoms with Crippen LogP contribution >= 0.6 is 31.9 Å². The zero-order valence-corrected chi connectivity index (χ0v) is 14.0. The molecule has 5 heteroatoms. The molecule has 0 aromatic heterocycles. The Kier molecular flexibility index (Phi) is 5.73. The molecule has 2 N–H and O–H groups in total. The molecule has 20 heavy (non-hydrogen) atoms. The third kappa shape index (κ3) is 4.72. The summed E-state index contributed by atoms with van der Waals surface area (Å²) in [6.07, 6.45) is 0.803. The topological polar surface area (TPSA) is 44.5 Å². The first-order valence-corrected chi connectivity index (χ1v) is 7.80. The van der Waals surface area contributed by atoms with Gasteiger partial charge in [-0.1, -0.05) is 22.0 Å².